The molecule has 1 heterocycles. The van der Waals surface area contributed by atoms with E-state index in [0.717, 1.165) is 0 Å². The van der Waals surface area contributed by atoms with Crippen molar-refractivity contribution in [3.63, 3.8) is 0 Å². The molecule has 1 aliphatic rings. The lowest BCUT2D eigenvalue weighted by Crippen LogP contribution is -2.46. The van der Waals surface area contributed by atoms with Crippen molar-refractivity contribution < 1.29 is 19.1 Å². The Morgan fingerprint density at radius 1 is 1.06 bits per heavy atom. The van der Waals surface area contributed by atoms with Crippen LogP contribution in [0.3, 0.4) is 0 Å². The lowest BCUT2D eigenvalue weighted by Gasteiger charge is -2.33. The molecule has 1 aliphatic heterocycles. The van der Waals surface area contributed by atoms with Gasteiger partial charge in [0, 0.05) is 24.1 Å². The molecule has 0 fully saturated rings. The number of hydrogen-bond donors (Lipinski definition) is 3. The highest BCUT2D eigenvalue weighted by Crippen LogP contribution is 2.31. The molecule has 180 valence electrons. The van der Waals surface area contributed by atoms with E-state index in [1.54, 1.807) is 56.4 Å². The van der Waals surface area contributed by atoms with Crippen LogP contribution in [0.4, 0.5) is 21.0 Å². The van der Waals surface area contributed by atoms with Crippen molar-refractivity contribution in [1.82, 2.24) is 10.2 Å². The van der Waals surface area contributed by atoms with Crippen LogP contribution >= 0.6 is 23.2 Å². The van der Waals surface area contributed by atoms with Crippen LogP contribution in [0, 0.1) is 5.92 Å². The Morgan fingerprint density at radius 2 is 1.68 bits per heavy atom. The number of benzene rings is 2. The molecule has 8 nitrogen and oxygen atoms in total. The zero-order valence-electron chi connectivity index (χ0n) is 19.2. The third-order valence-corrected chi connectivity index (χ3v) is 5.94. The van der Waals surface area contributed by atoms with Crippen LogP contribution in [0.1, 0.15) is 32.4 Å². The van der Waals surface area contributed by atoms with Gasteiger partial charge in [-0.25, -0.2) is 14.4 Å². The number of amides is 4. The Labute approximate surface area is 208 Å². The van der Waals surface area contributed by atoms with Crippen molar-refractivity contribution in [2.24, 2.45) is 5.92 Å². The predicted molar refractivity (Wildman–Crippen MR) is 133 cm³/mol. The average molecular weight is 505 g/mol. The molecule has 1 unspecified atom stereocenters. The van der Waals surface area contributed by atoms with Gasteiger partial charge in [-0.3, -0.25) is 0 Å². The number of rotatable bonds is 6. The monoisotopic (exact) mass is 504 g/mol. The fourth-order valence-corrected chi connectivity index (χ4v) is 3.59. The molecule has 2 aromatic carbocycles. The maximum atomic E-state index is 12.8. The van der Waals surface area contributed by atoms with Gasteiger partial charge in [-0.15, -0.1) is 0 Å². The Hall–Kier alpha value is -3.23. The summed E-state index contributed by atoms with van der Waals surface area (Å²) >= 11 is 11.9. The second kappa shape index (κ2) is 10.8. The van der Waals surface area contributed by atoms with Crippen molar-refractivity contribution >= 4 is 52.6 Å². The maximum absolute atomic E-state index is 12.8. The van der Waals surface area contributed by atoms with Crippen molar-refractivity contribution in [2.75, 3.05) is 24.3 Å². The number of hydrogen-bond acceptors (Lipinski definition) is 4. The van der Waals surface area contributed by atoms with E-state index >= 15 is 0 Å². The summed E-state index contributed by atoms with van der Waals surface area (Å²) in [5.41, 5.74) is 2.56. The number of ether oxygens (including phenoxy) is 1. The van der Waals surface area contributed by atoms with Gasteiger partial charge in [0.15, 0.2) is 0 Å². The highest BCUT2D eigenvalue weighted by Gasteiger charge is 2.35. The second-order valence-corrected chi connectivity index (χ2v) is 9.08. The lowest BCUT2D eigenvalue weighted by molar-refractivity contribution is -0.140. The van der Waals surface area contributed by atoms with Gasteiger partial charge in [-0.05, 0) is 48.7 Å². The molecule has 0 radical (unpaired) electrons. The summed E-state index contributed by atoms with van der Waals surface area (Å²) < 4.78 is 5.44. The third kappa shape index (κ3) is 6.01. The Bertz CT molecular complexity index is 1130. The van der Waals surface area contributed by atoms with Gasteiger partial charge < -0.3 is 25.6 Å². The van der Waals surface area contributed by atoms with E-state index in [2.05, 4.69) is 16.0 Å². The first-order chi connectivity index (χ1) is 16.1. The normalized spacial score (nSPS) is 15.8. The van der Waals surface area contributed by atoms with Gasteiger partial charge in [-0.1, -0.05) is 49.2 Å². The molecular weight excluding hydrogens is 479 g/mol. The lowest BCUT2D eigenvalue weighted by atomic mass is 9.95. The van der Waals surface area contributed by atoms with Gasteiger partial charge in [0.1, 0.15) is 0 Å². The summed E-state index contributed by atoms with van der Waals surface area (Å²) in [5, 5.41) is 8.95. The number of nitrogens with zero attached hydrogens (tertiary/aromatic N) is 1. The number of allylic oxidation sites excluding steroid dienone is 1. The molecule has 10 heteroatoms. The van der Waals surface area contributed by atoms with Crippen molar-refractivity contribution in [1.29, 1.82) is 0 Å². The fraction of sp³-hybridized carbons (Fsp3) is 0.292. The van der Waals surface area contributed by atoms with Gasteiger partial charge in [0.2, 0.25) is 0 Å². The van der Waals surface area contributed by atoms with E-state index in [-0.39, 0.29) is 18.6 Å². The largest absolute Gasteiger partial charge is 0.462 e. The number of nitrogens with one attached hydrogen (secondary N) is 3. The highest BCUT2D eigenvalue weighted by molar-refractivity contribution is 6.42. The standard InChI is InChI=1S/C24H26Cl2N4O4/c1-13(2)12-34-22(31)20-14(3)30(4)24(33)29-21(20)15-5-7-16(8-6-15)27-23(32)28-17-9-10-18(25)19(26)11-17/h5-11,13,21H,12H2,1-4H3,(H,29,33)(H2,27,28,32). The summed E-state index contributed by atoms with van der Waals surface area (Å²) in [6.07, 6.45) is 0. The Kier molecular flexibility index (Phi) is 8.06. The maximum Gasteiger partial charge on any atom is 0.338 e. The minimum atomic E-state index is -0.678. The number of esters is 1. The van der Waals surface area contributed by atoms with Crippen LogP contribution in [0.2, 0.25) is 10.0 Å². The molecule has 4 amide bonds. The Balaban J connectivity index is 1.75. The second-order valence-electron chi connectivity index (χ2n) is 8.26. The molecule has 0 bridgehead atoms. The van der Waals surface area contributed by atoms with Gasteiger partial charge in [0.05, 0.1) is 28.3 Å². The van der Waals surface area contributed by atoms with Crippen LogP contribution in [-0.4, -0.2) is 36.6 Å². The smallest absolute Gasteiger partial charge is 0.338 e. The predicted octanol–water partition coefficient (Wildman–Crippen LogP) is 5.81. The van der Waals surface area contributed by atoms with Crippen molar-refractivity contribution in [2.45, 2.75) is 26.8 Å². The summed E-state index contributed by atoms with van der Waals surface area (Å²) in [4.78, 5) is 38.9. The van der Waals surface area contributed by atoms with Crippen molar-refractivity contribution in [3.8, 4) is 0 Å². The molecule has 3 N–H and O–H groups in total. The molecule has 0 aliphatic carbocycles. The summed E-state index contributed by atoms with van der Waals surface area (Å²) in [5.74, 6) is -0.300. The number of carbonyl (C=O) groups excluding carboxylic acids is 3. The van der Waals surface area contributed by atoms with Crippen LogP contribution in [0.5, 0.6) is 0 Å². The molecule has 0 saturated heterocycles. The Morgan fingerprint density at radius 3 is 2.29 bits per heavy atom. The first kappa shape index (κ1) is 25.4. The van der Waals surface area contributed by atoms with Crippen LogP contribution in [-0.2, 0) is 9.53 Å². The van der Waals surface area contributed by atoms with Gasteiger partial charge in [0.25, 0.3) is 0 Å². The van der Waals surface area contributed by atoms with E-state index in [1.165, 1.54) is 4.90 Å². The van der Waals surface area contributed by atoms with Crippen LogP contribution < -0.4 is 16.0 Å². The molecule has 0 spiro atoms. The van der Waals surface area contributed by atoms with Crippen LogP contribution in [0.25, 0.3) is 0 Å². The number of carbonyl (C=O) groups is 3. The summed E-state index contributed by atoms with van der Waals surface area (Å²) in [7, 11) is 1.59. The van der Waals surface area contributed by atoms with Gasteiger partial charge >= 0.3 is 18.0 Å². The van der Waals surface area contributed by atoms with E-state index < -0.39 is 18.0 Å². The molecule has 3 rings (SSSR count). The molecule has 0 saturated carbocycles. The quantitative estimate of drug-likeness (QED) is 0.432. The molecule has 34 heavy (non-hydrogen) atoms. The van der Waals surface area contributed by atoms with Crippen LogP contribution in [0.15, 0.2) is 53.7 Å². The minimum absolute atomic E-state index is 0.180. The van der Waals surface area contributed by atoms with Crippen molar-refractivity contribution in [3.05, 3.63) is 69.3 Å². The third-order valence-electron chi connectivity index (χ3n) is 5.20. The van der Waals surface area contributed by atoms with E-state index in [0.29, 0.717) is 38.3 Å². The minimum Gasteiger partial charge on any atom is -0.462 e. The topological polar surface area (TPSA) is 99.8 Å². The molecule has 0 aromatic heterocycles. The first-order valence-corrected chi connectivity index (χ1v) is 11.4. The summed E-state index contributed by atoms with van der Waals surface area (Å²) in [6.45, 7) is 5.88. The zero-order chi connectivity index (χ0) is 25.0. The number of anilines is 2. The number of halogens is 2. The molecule has 1 atom stereocenters. The SMILES string of the molecule is CC1=C(C(=O)OCC(C)C)C(c2ccc(NC(=O)Nc3ccc(Cl)c(Cl)c3)cc2)NC(=O)N1C. The average Bonchev–Trinajstić information content (AvgIpc) is 2.78. The molecule has 2 aromatic rings. The van der Waals surface area contributed by atoms with E-state index in [9.17, 15) is 14.4 Å². The molecular formula is C24H26Cl2N4O4. The highest BCUT2D eigenvalue weighted by atomic mass is 35.5. The van der Waals surface area contributed by atoms with E-state index in [1.807, 2.05) is 13.8 Å². The summed E-state index contributed by atoms with van der Waals surface area (Å²) in [6, 6.07) is 10.1. The fourth-order valence-electron chi connectivity index (χ4n) is 3.30. The number of urea groups is 2. The van der Waals surface area contributed by atoms with E-state index in [4.69, 9.17) is 27.9 Å². The first-order valence-electron chi connectivity index (χ1n) is 10.6. The van der Waals surface area contributed by atoms with Gasteiger partial charge in [-0.2, -0.15) is 0 Å². The zero-order valence-corrected chi connectivity index (χ0v) is 20.8.